The topological polar surface area (TPSA) is 58.7 Å². The highest BCUT2D eigenvalue weighted by Gasteiger charge is 2.23. The predicted molar refractivity (Wildman–Crippen MR) is 98.0 cm³/mol. The Labute approximate surface area is 160 Å². The lowest BCUT2D eigenvalue weighted by atomic mass is 9.85. The maximum atomic E-state index is 14.3. The summed E-state index contributed by atoms with van der Waals surface area (Å²) in [6.07, 6.45) is 1.70. The van der Waals surface area contributed by atoms with Gasteiger partial charge in [-0.1, -0.05) is 12.1 Å². The molecule has 7 heteroatoms. The summed E-state index contributed by atoms with van der Waals surface area (Å²) in [5, 5.41) is 9.13. The van der Waals surface area contributed by atoms with Gasteiger partial charge in [-0.15, -0.1) is 0 Å². The molecule has 3 aromatic rings. The highest BCUT2D eigenvalue weighted by Crippen LogP contribution is 2.26. The molecule has 0 fully saturated rings. The van der Waals surface area contributed by atoms with E-state index in [2.05, 4.69) is 11.1 Å². The third-order valence-electron chi connectivity index (χ3n) is 4.70. The summed E-state index contributed by atoms with van der Waals surface area (Å²) >= 11 is 0. The smallest absolute Gasteiger partial charge is 0.184 e. The molecule has 0 amide bonds. The average Bonchev–Trinajstić information content (AvgIpc) is 3.06. The average molecular weight is 385 g/mol. The fraction of sp³-hybridized carbons (Fsp3) is 0.286. The lowest BCUT2D eigenvalue weighted by Crippen LogP contribution is -2.16. The van der Waals surface area contributed by atoms with E-state index in [1.165, 1.54) is 23.0 Å². The van der Waals surface area contributed by atoms with Gasteiger partial charge >= 0.3 is 0 Å². The Hall–Kier alpha value is -3.14. The predicted octanol–water partition coefficient (Wildman–Crippen LogP) is 4.46. The number of hydrogen-bond acceptors (Lipinski definition) is 3. The first-order chi connectivity index (χ1) is 13.2. The van der Waals surface area contributed by atoms with Crippen LogP contribution in [-0.4, -0.2) is 15.3 Å². The largest absolute Gasteiger partial charge is 0.321 e. The van der Waals surface area contributed by atoms with Gasteiger partial charge in [-0.3, -0.25) is 4.79 Å². The van der Waals surface area contributed by atoms with E-state index in [0.717, 1.165) is 6.07 Å². The van der Waals surface area contributed by atoms with Crippen molar-refractivity contribution in [2.24, 2.45) is 0 Å². The second-order valence-corrected chi connectivity index (χ2v) is 7.19. The number of carbonyl (C=O) groups excluding carboxylic acids is 1. The highest BCUT2D eigenvalue weighted by molar-refractivity contribution is 5.82. The van der Waals surface area contributed by atoms with Crippen LogP contribution < -0.4 is 0 Å². The molecule has 0 radical (unpaired) electrons. The fourth-order valence-corrected chi connectivity index (χ4v) is 3.05. The molecule has 0 saturated carbocycles. The summed E-state index contributed by atoms with van der Waals surface area (Å²) < 4.78 is 43.0. The molecule has 0 saturated heterocycles. The summed E-state index contributed by atoms with van der Waals surface area (Å²) in [5.41, 5.74) is 0.191. The van der Waals surface area contributed by atoms with E-state index in [0.29, 0.717) is 17.5 Å². The Morgan fingerprint density at radius 2 is 1.93 bits per heavy atom. The normalized spacial score (nSPS) is 11.6. The second-order valence-electron chi connectivity index (χ2n) is 7.19. The van der Waals surface area contributed by atoms with Crippen molar-refractivity contribution in [2.75, 3.05) is 0 Å². The first-order valence-corrected chi connectivity index (χ1v) is 8.73. The molecule has 0 bridgehead atoms. The summed E-state index contributed by atoms with van der Waals surface area (Å²) in [4.78, 5) is 16.3. The van der Waals surface area contributed by atoms with Gasteiger partial charge in [-0.05, 0) is 44.0 Å². The van der Waals surface area contributed by atoms with E-state index in [1.54, 1.807) is 26.0 Å². The number of halogens is 3. The number of fused-ring (bicyclic) bond motifs is 1. The molecule has 144 valence electrons. The SMILES string of the molecule is CC(C)(C#N)c1ccc(CCC(=O)Cn2cnc3ccc(F)c(F)c32)cc1F. The second kappa shape index (κ2) is 7.47. The van der Waals surface area contributed by atoms with E-state index in [-0.39, 0.29) is 29.8 Å². The molecular formula is C21H18F3N3O. The molecule has 1 heterocycles. The third-order valence-corrected chi connectivity index (χ3v) is 4.70. The van der Waals surface area contributed by atoms with Gasteiger partial charge < -0.3 is 4.57 Å². The van der Waals surface area contributed by atoms with Gasteiger partial charge in [-0.2, -0.15) is 5.26 Å². The first kappa shape index (κ1) is 19.6. The monoisotopic (exact) mass is 385 g/mol. The van der Waals surface area contributed by atoms with Crippen LogP contribution in [0.2, 0.25) is 0 Å². The number of hydrogen-bond donors (Lipinski definition) is 0. The summed E-state index contributed by atoms with van der Waals surface area (Å²) in [7, 11) is 0. The van der Waals surface area contributed by atoms with Gasteiger partial charge in [0, 0.05) is 12.0 Å². The molecule has 0 aliphatic rings. The summed E-state index contributed by atoms with van der Waals surface area (Å²) in [6, 6.07) is 8.96. The van der Waals surface area contributed by atoms with Crippen molar-refractivity contribution in [1.29, 1.82) is 5.26 Å². The molecule has 0 aliphatic heterocycles. The maximum absolute atomic E-state index is 14.3. The standard InChI is InChI=1S/C21H18F3N3O/c1-21(2,11-25)15-6-4-13(9-17(15)23)3-5-14(28)10-27-12-26-18-8-7-16(22)19(24)20(18)27/h4,6-9,12H,3,5,10H2,1-2H3. The zero-order valence-electron chi connectivity index (χ0n) is 15.5. The molecule has 0 spiro atoms. The number of aryl methyl sites for hydroxylation is 1. The zero-order valence-corrected chi connectivity index (χ0v) is 15.5. The molecule has 0 N–H and O–H groups in total. The van der Waals surface area contributed by atoms with Crippen LogP contribution in [0.5, 0.6) is 0 Å². The molecular weight excluding hydrogens is 367 g/mol. The van der Waals surface area contributed by atoms with Crippen molar-refractivity contribution in [3.05, 3.63) is 65.2 Å². The van der Waals surface area contributed by atoms with Gasteiger partial charge in [0.2, 0.25) is 0 Å². The van der Waals surface area contributed by atoms with Gasteiger partial charge in [0.1, 0.15) is 11.3 Å². The Kier molecular flexibility index (Phi) is 5.23. The number of rotatable bonds is 6. The number of imidazole rings is 1. The van der Waals surface area contributed by atoms with Gasteiger partial charge in [0.15, 0.2) is 17.4 Å². The van der Waals surface area contributed by atoms with E-state index < -0.39 is 22.9 Å². The van der Waals surface area contributed by atoms with Crippen molar-refractivity contribution in [3.63, 3.8) is 0 Å². The fourth-order valence-electron chi connectivity index (χ4n) is 3.05. The Bertz CT molecular complexity index is 1100. The first-order valence-electron chi connectivity index (χ1n) is 8.73. The van der Waals surface area contributed by atoms with Gasteiger partial charge in [0.25, 0.3) is 0 Å². The van der Waals surface area contributed by atoms with E-state index >= 15 is 0 Å². The van der Waals surface area contributed by atoms with Crippen molar-refractivity contribution in [1.82, 2.24) is 9.55 Å². The number of ketones is 1. The molecule has 3 rings (SSSR count). The van der Waals surface area contributed by atoms with E-state index in [4.69, 9.17) is 5.26 Å². The minimum atomic E-state index is -1.04. The van der Waals surface area contributed by atoms with Crippen LogP contribution in [0.1, 0.15) is 31.4 Å². The summed E-state index contributed by atoms with van der Waals surface area (Å²) in [5.74, 6) is -2.75. The van der Waals surface area contributed by atoms with Gasteiger partial charge in [0.05, 0.1) is 29.9 Å². The van der Waals surface area contributed by atoms with Crippen LogP contribution in [-0.2, 0) is 23.2 Å². The number of nitriles is 1. The van der Waals surface area contributed by atoms with Crippen molar-refractivity contribution < 1.29 is 18.0 Å². The van der Waals surface area contributed by atoms with Gasteiger partial charge in [-0.25, -0.2) is 18.2 Å². The lowest BCUT2D eigenvalue weighted by molar-refractivity contribution is -0.119. The Morgan fingerprint density at radius 3 is 2.61 bits per heavy atom. The Morgan fingerprint density at radius 1 is 1.18 bits per heavy atom. The zero-order chi connectivity index (χ0) is 20.5. The highest BCUT2D eigenvalue weighted by atomic mass is 19.2. The number of carbonyl (C=O) groups is 1. The van der Waals surface area contributed by atoms with E-state index in [9.17, 15) is 18.0 Å². The molecule has 0 atom stereocenters. The number of Topliss-reactive ketones (excluding diaryl/α,β-unsaturated/α-hetero) is 1. The minimum Gasteiger partial charge on any atom is -0.321 e. The van der Waals surface area contributed by atoms with Crippen molar-refractivity contribution in [3.8, 4) is 6.07 Å². The van der Waals surface area contributed by atoms with Crippen LogP contribution in [0, 0.1) is 28.8 Å². The number of nitrogens with zero attached hydrogens (tertiary/aromatic N) is 3. The van der Waals surface area contributed by atoms with Crippen LogP contribution in [0.4, 0.5) is 13.2 Å². The number of aromatic nitrogens is 2. The molecule has 2 aromatic carbocycles. The molecule has 1 aromatic heterocycles. The number of benzene rings is 2. The third kappa shape index (κ3) is 3.77. The molecule has 0 unspecified atom stereocenters. The van der Waals surface area contributed by atoms with Crippen LogP contribution in [0.25, 0.3) is 11.0 Å². The van der Waals surface area contributed by atoms with Crippen LogP contribution in [0.3, 0.4) is 0 Å². The quantitative estimate of drug-likeness (QED) is 0.630. The molecule has 28 heavy (non-hydrogen) atoms. The summed E-state index contributed by atoms with van der Waals surface area (Å²) in [6.45, 7) is 3.11. The Balaban J connectivity index is 1.70. The lowest BCUT2D eigenvalue weighted by Gasteiger charge is -2.17. The van der Waals surface area contributed by atoms with Crippen molar-refractivity contribution in [2.45, 2.75) is 38.6 Å². The van der Waals surface area contributed by atoms with Crippen LogP contribution in [0.15, 0.2) is 36.7 Å². The molecule has 4 nitrogen and oxygen atoms in total. The minimum absolute atomic E-state index is 0.0533. The maximum Gasteiger partial charge on any atom is 0.184 e. The van der Waals surface area contributed by atoms with Crippen molar-refractivity contribution >= 4 is 16.8 Å². The van der Waals surface area contributed by atoms with E-state index in [1.807, 2.05) is 0 Å². The molecule has 0 aliphatic carbocycles. The van der Waals surface area contributed by atoms with Crippen LogP contribution >= 0.6 is 0 Å².